The summed E-state index contributed by atoms with van der Waals surface area (Å²) in [7, 11) is 0. The van der Waals surface area contributed by atoms with Crippen LogP contribution in [0.15, 0.2) is 89.5 Å². The van der Waals surface area contributed by atoms with Gasteiger partial charge in [0.25, 0.3) is 5.91 Å². The molecule has 226 valence electrons. The van der Waals surface area contributed by atoms with Gasteiger partial charge in [-0.2, -0.15) is 5.10 Å². The van der Waals surface area contributed by atoms with Crippen molar-refractivity contribution in [1.82, 2.24) is 9.78 Å². The first-order valence-electron chi connectivity index (χ1n) is 14.7. The molecule has 0 fully saturated rings. The van der Waals surface area contributed by atoms with E-state index in [2.05, 4.69) is 42.0 Å². The molecule has 0 saturated heterocycles. The third-order valence-corrected chi connectivity index (χ3v) is 8.33. The van der Waals surface area contributed by atoms with E-state index in [1.165, 1.54) is 0 Å². The summed E-state index contributed by atoms with van der Waals surface area (Å²) < 4.78 is 15.4. The third-order valence-electron chi connectivity index (χ3n) is 7.80. The lowest BCUT2D eigenvalue weighted by Crippen LogP contribution is -2.42. The highest BCUT2D eigenvalue weighted by Gasteiger charge is 2.31. The number of carbonyl (C=O) groups is 2. The van der Waals surface area contributed by atoms with Crippen LogP contribution in [0.25, 0.3) is 16.9 Å². The second-order valence-electron chi connectivity index (χ2n) is 11.4. The molecule has 4 rings (SSSR count). The first-order chi connectivity index (χ1) is 20.5. The fourth-order valence-corrected chi connectivity index (χ4v) is 4.75. The maximum atomic E-state index is 13.5. The van der Waals surface area contributed by atoms with E-state index in [1.54, 1.807) is 17.8 Å². The van der Waals surface area contributed by atoms with Gasteiger partial charge in [0.05, 0.1) is 23.5 Å². The number of para-hydroxylation sites is 1. The number of halogens is 1. The van der Waals surface area contributed by atoms with E-state index in [9.17, 15) is 9.59 Å². The van der Waals surface area contributed by atoms with Crippen LogP contribution in [-0.2, 0) is 9.53 Å². The number of benzene rings is 3. The Morgan fingerprint density at radius 3 is 2.16 bits per heavy atom. The van der Waals surface area contributed by atoms with Gasteiger partial charge in [-0.15, -0.1) is 0 Å². The molecule has 3 aromatic carbocycles. The molecule has 0 spiro atoms. The van der Waals surface area contributed by atoms with E-state index in [4.69, 9.17) is 14.6 Å². The second kappa shape index (κ2) is 14.1. The second-order valence-corrected chi connectivity index (χ2v) is 12.3. The zero-order chi connectivity index (χ0) is 31.0. The van der Waals surface area contributed by atoms with Gasteiger partial charge < -0.3 is 19.6 Å². The minimum absolute atomic E-state index is 0.166. The zero-order valence-electron chi connectivity index (χ0n) is 25.5. The van der Waals surface area contributed by atoms with Crippen LogP contribution in [0.5, 0.6) is 5.75 Å². The molecule has 1 amide bonds. The van der Waals surface area contributed by atoms with Crippen LogP contribution >= 0.6 is 15.9 Å². The molecule has 2 unspecified atom stereocenters. The molecule has 2 atom stereocenters. The maximum Gasteiger partial charge on any atom is 0.259 e. The van der Waals surface area contributed by atoms with Gasteiger partial charge in [-0.3, -0.25) is 4.79 Å². The number of anilines is 1. The Bertz CT molecular complexity index is 1520. The van der Waals surface area contributed by atoms with Gasteiger partial charge in [0, 0.05) is 28.3 Å². The van der Waals surface area contributed by atoms with Crippen molar-refractivity contribution in [2.45, 2.75) is 71.5 Å². The molecule has 7 nitrogen and oxygen atoms in total. The summed E-state index contributed by atoms with van der Waals surface area (Å²) in [5.74, 6) is 0.588. The summed E-state index contributed by atoms with van der Waals surface area (Å²) in [6.45, 7) is 10.2. The number of rotatable bonds is 14. The first kappa shape index (κ1) is 32.2. The minimum atomic E-state index is -0.553. The molecule has 4 aromatic rings. The van der Waals surface area contributed by atoms with Gasteiger partial charge in [-0.05, 0) is 88.6 Å². The largest absolute Gasteiger partial charge is 0.485 e. The number of amides is 1. The summed E-state index contributed by atoms with van der Waals surface area (Å²) in [4.78, 5) is 25.1. The lowest BCUT2D eigenvalue weighted by molar-refractivity contribution is -0.122. The Morgan fingerprint density at radius 2 is 1.56 bits per heavy atom. The van der Waals surface area contributed by atoms with Crippen LogP contribution in [0.1, 0.15) is 70.7 Å². The molecule has 0 bridgehead atoms. The predicted molar refractivity (Wildman–Crippen MR) is 175 cm³/mol. The molecular formula is C35H40BrN3O4. The molecule has 43 heavy (non-hydrogen) atoms. The number of aromatic nitrogens is 2. The first-order valence-corrected chi connectivity index (χ1v) is 15.5. The van der Waals surface area contributed by atoms with E-state index in [-0.39, 0.29) is 17.3 Å². The SMILES string of the molecule is CCC(C)(CCC(C)=O)OCC(C)(CC)Oc1ccc(NC(=O)c2cn(-c3ccccc3)nc2-c2ccc(Br)cc2)cc1. The fraction of sp³-hybridized carbons (Fsp3) is 0.343. The Hall–Kier alpha value is -3.75. The summed E-state index contributed by atoms with van der Waals surface area (Å²) in [6, 6.07) is 24.8. The van der Waals surface area contributed by atoms with E-state index in [0.717, 1.165) is 28.6 Å². The Kier molecular flexibility index (Phi) is 10.6. The Morgan fingerprint density at radius 1 is 0.907 bits per heavy atom. The van der Waals surface area contributed by atoms with E-state index < -0.39 is 5.60 Å². The van der Waals surface area contributed by atoms with E-state index in [0.29, 0.717) is 42.1 Å². The molecule has 1 aromatic heterocycles. The number of Topliss-reactive ketones (excluding diaryl/α,β-unsaturated/α-hetero) is 1. The van der Waals surface area contributed by atoms with Gasteiger partial charge in [0.15, 0.2) is 0 Å². The Labute approximate surface area is 262 Å². The van der Waals surface area contributed by atoms with E-state index in [1.807, 2.05) is 85.8 Å². The molecule has 0 radical (unpaired) electrons. The molecule has 0 saturated carbocycles. The number of ketones is 1. The summed E-state index contributed by atoms with van der Waals surface area (Å²) >= 11 is 3.48. The average Bonchev–Trinajstić information content (AvgIpc) is 3.47. The monoisotopic (exact) mass is 645 g/mol. The standard InChI is InChI=1S/C35H40BrN3O4/c1-6-34(4,22-21-25(3)40)42-24-35(5,7-2)43-30-19-17-28(18-20-30)37-33(41)31-23-39(29-11-9-8-10-12-29)38-32(31)26-13-15-27(36)16-14-26/h8-20,23H,6-7,21-22,24H2,1-5H3,(H,37,41). The van der Waals surface area contributed by atoms with Crippen LogP contribution in [0.2, 0.25) is 0 Å². The predicted octanol–water partition coefficient (Wildman–Crippen LogP) is 8.66. The molecular weight excluding hydrogens is 606 g/mol. The van der Waals surface area contributed by atoms with Crippen LogP contribution in [-0.4, -0.2) is 39.3 Å². The molecule has 0 aliphatic heterocycles. The van der Waals surface area contributed by atoms with Crippen molar-refractivity contribution in [3.63, 3.8) is 0 Å². The van der Waals surface area contributed by atoms with Crippen LogP contribution in [0, 0.1) is 0 Å². The quantitative estimate of drug-likeness (QED) is 0.148. The average molecular weight is 647 g/mol. The van der Waals surface area contributed by atoms with Gasteiger partial charge in [-0.1, -0.05) is 60.1 Å². The molecule has 1 N–H and O–H groups in total. The summed E-state index contributed by atoms with van der Waals surface area (Å²) in [5, 5.41) is 7.77. The van der Waals surface area contributed by atoms with Gasteiger partial charge in [-0.25, -0.2) is 4.68 Å². The smallest absolute Gasteiger partial charge is 0.259 e. The lowest BCUT2D eigenvalue weighted by Gasteiger charge is -2.35. The lowest BCUT2D eigenvalue weighted by atomic mass is 9.95. The third kappa shape index (κ3) is 8.65. The topological polar surface area (TPSA) is 82.5 Å². The Balaban J connectivity index is 1.48. The highest BCUT2D eigenvalue weighted by Crippen LogP contribution is 2.30. The van der Waals surface area contributed by atoms with Crippen molar-refractivity contribution in [2.24, 2.45) is 0 Å². The normalized spacial score (nSPS) is 14.0. The van der Waals surface area contributed by atoms with Crippen molar-refractivity contribution < 1.29 is 19.1 Å². The van der Waals surface area contributed by atoms with Crippen LogP contribution < -0.4 is 10.1 Å². The number of nitrogens with one attached hydrogen (secondary N) is 1. The maximum absolute atomic E-state index is 13.5. The number of ether oxygens (including phenoxy) is 2. The zero-order valence-corrected chi connectivity index (χ0v) is 27.1. The number of hydrogen-bond donors (Lipinski definition) is 1. The van der Waals surface area contributed by atoms with Crippen molar-refractivity contribution in [3.05, 3.63) is 95.1 Å². The van der Waals surface area contributed by atoms with Crippen molar-refractivity contribution in [1.29, 1.82) is 0 Å². The van der Waals surface area contributed by atoms with E-state index >= 15 is 0 Å². The fourth-order valence-electron chi connectivity index (χ4n) is 4.49. The summed E-state index contributed by atoms with van der Waals surface area (Å²) in [5.41, 5.74) is 2.46. The highest BCUT2D eigenvalue weighted by atomic mass is 79.9. The molecule has 0 aliphatic rings. The number of hydrogen-bond acceptors (Lipinski definition) is 5. The number of nitrogens with zero attached hydrogens (tertiary/aromatic N) is 2. The van der Waals surface area contributed by atoms with Crippen molar-refractivity contribution in [3.8, 4) is 22.7 Å². The van der Waals surface area contributed by atoms with Gasteiger partial charge in [0.1, 0.15) is 22.8 Å². The molecule has 0 aliphatic carbocycles. The van der Waals surface area contributed by atoms with Gasteiger partial charge >= 0.3 is 0 Å². The summed E-state index contributed by atoms with van der Waals surface area (Å²) in [6.07, 6.45) is 4.48. The van der Waals surface area contributed by atoms with Crippen molar-refractivity contribution in [2.75, 3.05) is 11.9 Å². The molecule has 8 heteroatoms. The minimum Gasteiger partial charge on any atom is -0.485 e. The number of carbonyl (C=O) groups excluding carboxylic acids is 2. The van der Waals surface area contributed by atoms with Gasteiger partial charge in [0.2, 0.25) is 0 Å². The van der Waals surface area contributed by atoms with Crippen LogP contribution in [0.3, 0.4) is 0 Å². The van der Waals surface area contributed by atoms with Crippen molar-refractivity contribution >= 4 is 33.3 Å². The highest BCUT2D eigenvalue weighted by molar-refractivity contribution is 9.10. The van der Waals surface area contributed by atoms with Crippen LogP contribution in [0.4, 0.5) is 5.69 Å². The molecule has 1 heterocycles.